The molecule has 0 saturated carbocycles. The highest BCUT2D eigenvalue weighted by Crippen LogP contribution is 2.28. The van der Waals surface area contributed by atoms with Crippen molar-refractivity contribution >= 4 is 40.3 Å². The Hall–Kier alpha value is -4.38. The van der Waals surface area contributed by atoms with Crippen LogP contribution in [-0.4, -0.2) is 62.6 Å². The van der Waals surface area contributed by atoms with Crippen LogP contribution in [0.2, 0.25) is 0 Å². The highest BCUT2D eigenvalue weighted by molar-refractivity contribution is 5.82. The van der Waals surface area contributed by atoms with Crippen LogP contribution in [0.15, 0.2) is 39.7 Å². The zero-order valence-corrected chi connectivity index (χ0v) is 25.3. The number of nitrogens with one attached hydrogen (secondary N) is 3. The van der Waals surface area contributed by atoms with Crippen LogP contribution >= 0.6 is 0 Å². The summed E-state index contributed by atoms with van der Waals surface area (Å²) in [7, 11) is 0. The number of ether oxygens (including phenoxy) is 1. The van der Waals surface area contributed by atoms with Crippen LogP contribution in [0.4, 0.5) is 27.9 Å². The fourth-order valence-corrected chi connectivity index (χ4v) is 4.98. The lowest BCUT2D eigenvalue weighted by atomic mass is 10.0. The molecule has 1 aliphatic rings. The summed E-state index contributed by atoms with van der Waals surface area (Å²) in [5.74, 6) is 0.619. The van der Waals surface area contributed by atoms with Crippen molar-refractivity contribution in [1.29, 1.82) is 0 Å². The molecule has 3 heterocycles. The van der Waals surface area contributed by atoms with E-state index in [1.54, 1.807) is 11.1 Å². The molecule has 1 amide bonds. The molecular formula is C31H39N7O4. The molecule has 5 rings (SSSR count). The molecule has 0 aliphatic carbocycles. The minimum absolute atomic E-state index is 0.297. The Balaban J connectivity index is 1.34. The molecule has 1 fully saturated rings. The Bertz CT molecular complexity index is 1650. The second-order valence-electron chi connectivity index (χ2n) is 12.0. The summed E-state index contributed by atoms with van der Waals surface area (Å²) in [4.78, 5) is 40.6. The van der Waals surface area contributed by atoms with Crippen LogP contribution < -0.4 is 16.4 Å². The molecule has 11 nitrogen and oxygen atoms in total. The molecule has 0 radical (unpaired) electrons. The molecule has 222 valence electrons. The van der Waals surface area contributed by atoms with Crippen molar-refractivity contribution in [2.45, 2.75) is 60.6 Å². The number of piperazine rings is 1. The summed E-state index contributed by atoms with van der Waals surface area (Å²) in [6.45, 7) is 16.8. The second kappa shape index (κ2) is 11.5. The lowest BCUT2D eigenvalue weighted by Crippen LogP contribution is -2.49. The summed E-state index contributed by atoms with van der Waals surface area (Å²) in [5, 5.41) is 6.73. The van der Waals surface area contributed by atoms with Crippen LogP contribution in [0.1, 0.15) is 48.6 Å². The Morgan fingerprint density at radius 3 is 2.31 bits per heavy atom. The van der Waals surface area contributed by atoms with E-state index in [4.69, 9.17) is 14.1 Å². The van der Waals surface area contributed by atoms with Crippen molar-refractivity contribution in [2.24, 2.45) is 0 Å². The Kier molecular flexibility index (Phi) is 7.96. The van der Waals surface area contributed by atoms with Crippen molar-refractivity contribution in [2.75, 3.05) is 36.8 Å². The molecule has 4 aromatic rings. The summed E-state index contributed by atoms with van der Waals surface area (Å²) in [6, 6.07) is 7.98. The van der Waals surface area contributed by atoms with Gasteiger partial charge in [-0.3, -0.25) is 9.88 Å². The van der Waals surface area contributed by atoms with Crippen molar-refractivity contribution in [3.63, 3.8) is 0 Å². The number of carbonyl (C=O) groups excluding carboxylic acids is 1. The summed E-state index contributed by atoms with van der Waals surface area (Å²) in [6.07, 6.45) is 1.48. The number of oxazole rings is 1. The zero-order chi connectivity index (χ0) is 30.2. The van der Waals surface area contributed by atoms with Gasteiger partial charge >= 0.3 is 11.8 Å². The van der Waals surface area contributed by atoms with Crippen molar-refractivity contribution in [3.05, 3.63) is 68.8 Å². The van der Waals surface area contributed by atoms with Crippen LogP contribution in [-0.2, 0) is 11.3 Å². The standard InChI is InChI=1S/C31H39N7O4/c1-18-12-23(13-19(2)21(18)4)34-28-32-16-20(3)27(36-28)33-24-14-22(26-25(15-24)35-29(39)41-26)17-37-8-10-38(11-9-37)30(40)42-31(5,6)7/h12-16H,8-11,17H2,1-7H3,(H,35,39)(H2,32,33,34,36). The number of hydrogen-bond acceptors (Lipinski definition) is 9. The molecule has 2 aromatic carbocycles. The molecule has 42 heavy (non-hydrogen) atoms. The SMILES string of the molecule is Cc1cnc(Nc2cc(C)c(C)c(C)c2)nc1Nc1cc(CN2CCN(C(=O)OC(C)(C)C)CC2)c2oc(=O)[nH]c2c1. The first-order valence-corrected chi connectivity index (χ1v) is 14.2. The molecule has 0 unspecified atom stereocenters. The fraction of sp³-hybridized carbons (Fsp3) is 0.419. The maximum atomic E-state index is 12.5. The second-order valence-corrected chi connectivity index (χ2v) is 12.0. The van der Waals surface area contributed by atoms with Gasteiger partial charge in [0, 0.05) is 61.4 Å². The quantitative estimate of drug-likeness (QED) is 0.267. The van der Waals surface area contributed by atoms with E-state index >= 15 is 0 Å². The average Bonchev–Trinajstić information content (AvgIpc) is 3.29. The van der Waals surface area contributed by atoms with Gasteiger partial charge in [-0.05, 0) is 89.4 Å². The number of aromatic amines is 1. The monoisotopic (exact) mass is 573 g/mol. The lowest BCUT2D eigenvalue weighted by Gasteiger charge is -2.35. The van der Waals surface area contributed by atoms with Crippen molar-refractivity contribution in [3.8, 4) is 0 Å². The van der Waals surface area contributed by atoms with Crippen LogP contribution in [0, 0.1) is 27.7 Å². The highest BCUT2D eigenvalue weighted by Gasteiger charge is 2.26. The number of fused-ring (bicyclic) bond motifs is 1. The maximum absolute atomic E-state index is 12.5. The minimum atomic E-state index is -0.531. The number of carbonyl (C=O) groups is 1. The predicted octanol–water partition coefficient (Wildman–Crippen LogP) is 5.68. The molecule has 1 saturated heterocycles. The number of rotatable bonds is 6. The van der Waals surface area contributed by atoms with Gasteiger partial charge in [-0.2, -0.15) is 4.98 Å². The van der Waals surface area contributed by atoms with Gasteiger partial charge in [-0.15, -0.1) is 0 Å². The van der Waals surface area contributed by atoms with Gasteiger partial charge < -0.3 is 24.7 Å². The maximum Gasteiger partial charge on any atom is 0.417 e. The summed E-state index contributed by atoms with van der Waals surface area (Å²) < 4.78 is 11.0. The van der Waals surface area contributed by atoms with Gasteiger partial charge in [0.25, 0.3) is 0 Å². The molecule has 0 bridgehead atoms. The number of hydrogen-bond donors (Lipinski definition) is 3. The molecule has 0 atom stereocenters. The van der Waals surface area contributed by atoms with E-state index in [-0.39, 0.29) is 6.09 Å². The number of nitrogens with zero attached hydrogens (tertiary/aromatic N) is 4. The molecular weight excluding hydrogens is 534 g/mol. The third-order valence-corrected chi connectivity index (χ3v) is 7.43. The van der Waals surface area contributed by atoms with Crippen LogP contribution in [0.25, 0.3) is 11.1 Å². The third-order valence-electron chi connectivity index (χ3n) is 7.43. The van der Waals surface area contributed by atoms with Crippen molar-refractivity contribution < 1.29 is 13.9 Å². The molecule has 0 spiro atoms. The summed E-state index contributed by atoms with van der Waals surface area (Å²) in [5.41, 5.74) is 7.67. The number of aryl methyl sites for hydroxylation is 3. The molecule has 2 aromatic heterocycles. The highest BCUT2D eigenvalue weighted by atomic mass is 16.6. The van der Waals surface area contributed by atoms with E-state index in [0.29, 0.717) is 55.6 Å². The smallest absolute Gasteiger partial charge is 0.417 e. The van der Waals surface area contributed by atoms with E-state index in [1.807, 2.05) is 39.8 Å². The molecule has 3 N–H and O–H groups in total. The van der Waals surface area contributed by atoms with Gasteiger partial charge in [0.15, 0.2) is 5.58 Å². The first kappa shape index (κ1) is 29.1. The Morgan fingerprint density at radius 2 is 1.64 bits per heavy atom. The van der Waals surface area contributed by atoms with E-state index in [2.05, 4.69) is 58.4 Å². The number of H-pyrrole nitrogens is 1. The van der Waals surface area contributed by atoms with Gasteiger partial charge in [0.2, 0.25) is 5.95 Å². The van der Waals surface area contributed by atoms with E-state index in [1.165, 1.54) is 16.7 Å². The topological polar surface area (TPSA) is 129 Å². The molecule has 1 aliphatic heterocycles. The Morgan fingerprint density at radius 1 is 0.976 bits per heavy atom. The lowest BCUT2D eigenvalue weighted by molar-refractivity contribution is 0.0139. The van der Waals surface area contributed by atoms with Crippen LogP contribution in [0.3, 0.4) is 0 Å². The first-order valence-electron chi connectivity index (χ1n) is 14.2. The first-order chi connectivity index (χ1) is 19.8. The normalized spacial score (nSPS) is 14.3. The van der Waals surface area contributed by atoms with Gasteiger partial charge in [0.05, 0.1) is 5.52 Å². The number of aromatic nitrogens is 3. The van der Waals surface area contributed by atoms with E-state index in [9.17, 15) is 9.59 Å². The van der Waals surface area contributed by atoms with E-state index in [0.717, 1.165) is 22.5 Å². The molecule has 11 heteroatoms. The summed E-state index contributed by atoms with van der Waals surface area (Å²) >= 11 is 0. The van der Waals surface area contributed by atoms with Crippen molar-refractivity contribution in [1.82, 2.24) is 24.8 Å². The average molecular weight is 574 g/mol. The van der Waals surface area contributed by atoms with Gasteiger partial charge in [0.1, 0.15) is 11.4 Å². The number of anilines is 4. The van der Waals surface area contributed by atoms with E-state index < -0.39 is 11.4 Å². The number of amides is 1. The largest absolute Gasteiger partial charge is 0.444 e. The fourth-order valence-electron chi connectivity index (χ4n) is 4.98. The Labute approximate surface area is 245 Å². The van der Waals surface area contributed by atoms with Crippen LogP contribution in [0.5, 0.6) is 0 Å². The number of benzene rings is 2. The predicted molar refractivity (Wildman–Crippen MR) is 164 cm³/mol. The minimum Gasteiger partial charge on any atom is -0.444 e. The third kappa shape index (κ3) is 6.73. The van der Waals surface area contributed by atoms with Gasteiger partial charge in [-0.25, -0.2) is 14.6 Å². The van der Waals surface area contributed by atoms with Gasteiger partial charge in [-0.1, -0.05) is 0 Å². The zero-order valence-electron chi connectivity index (χ0n) is 25.3.